The van der Waals surface area contributed by atoms with E-state index in [-0.39, 0.29) is 81.0 Å². The highest BCUT2D eigenvalue weighted by Crippen LogP contribution is 2.25. The summed E-state index contributed by atoms with van der Waals surface area (Å²) in [6.45, 7) is 6.62. The van der Waals surface area contributed by atoms with Gasteiger partial charge in [0.05, 0.1) is 30.8 Å². The van der Waals surface area contributed by atoms with Gasteiger partial charge in [0.25, 0.3) is 6.47 Å². The van der Waals surface area contributed by atoms with Crippen LogP contribution in [0, 0.1) is 17.8 Å². The van der Waals surface area contributed by atoms with Crippen LogP contribution in [0.4, 0.5) is 0 Å². The van der Waals surface area contributed by atoms with E-state index in [0.29, 0.717) is 57.1 Å². The van der Waals surface area contributed by atoms with E-state index in [1.165, 1.54) is 93.6 Å². The van der Waals surface area contributed by atoms with Crippen molar-refractivity contribution < 1.29 is 91.7 Å². The normalized spacial score (nSPS) is 22.0. The third-order valence-electron chi connectivity index (χ3n) is 22.5. The maximum Gasteiger partial charge on any atom is 0.293 e. The maximum atomic E-state index is 15.6. The number of hydrogen-bond acceptors (Lipinski definition) is 20. The van der Waals surface area contributed by atoms with Crippen molar-refractivity contribution in [1.82, 2.24) is 66.7 Å². The topological polar surface area (TPSA) is 465 Å². The third-order valence-corrected chi connectivity index (χ3v) is 23.6. The number of aromatic amines is 1. The molecule has 129 heavy (non-hydrogen) atoms. The molecule has 0 spiro atoms. The first-order valence-corrected chi connectivity index (χ1v) is 44.3. The molecule has 0 unspecified atom stereocenters. The van der Waals surface area contributed by atoms with E-state index in [1.54, 1.807) is 149 Å². The molecule has 2 heterocycles. The number of likely N-dealkylation sites (N-methyl/N-ethyl adjacent to an activating group) is 5. The fourth-order valence-electron chi connectivity index (χ4n) is 15.3. The van der Waals surface area contributed by atoms with Gasteiger partial charge in [-0.3, -0.25) is 76.7 Å². The van der Waals surface area contributed by atoms with Crippen molar-refractivity contribution in [2.24, 2.45) is 23.5 Å². The number of carbonyl (C=O) groups excluding carboxylic acids is 16. The number of unbranched alkanes of at least 4 members (excludes halogenated alkanes) is 1. The van der Waals surface area contributed by atoms with E-state index < -0.39 is 205 Å². The number of nitrogens with zero attached hydrogens (tertiary/aromatic N) is 5. The Kier molecular flexibility index (Phi) is 39.0. The van der Waals surface area contributed by atoms with E-state index in [4.69, 9.17) is 10.5 Å². The lowest BCUT2D eigenvalue weighted by Gasteiger charge is -2.37. The number of phenols is 2. The Morgan fingerprint density at radius 1 is 0.488 bits per heavy atom. The molecule has 12 N–H and O–H groups in total. The number of nitrogens with two attached hydrogens (primary N) is 1. The molecule has 1 aliphatic rings. The van der Waals surface area contributed by atoms with Crippen LogP contribution in [0.3, 0.4) is 0 Å². The number of ketones is 2. The number of benzene rings is 6. The molecule has 34 heteroatoms. The van der Waals surface area contributed by atoms with Crippen LogP contribution in [0.2, 0.25) is 0 Å². The highest BCUT2D eigenvalue weighted by molar-refractivity contribution is 8.00. The van der Waals surface area contributed by atoms with Gasteiger partial charge < -0.3 is 87.4 Å². The third kappa shape index (κ3) is 30.8. The number of phenolic OH excluding ortho intramolecular Hbond substituents is 2. The van der Waals surface area contributed by atoms with E-state index in [9.17, 15) is 48.6 Å². The predicted octanol–water partition coefficient (Wildman–Crippen LogP) is 4.35. The van der Waals surface area contributed by atoms with Crippen molar-refractivity contribution in [3.05, 3.63) is 203 Å². The van der Waals surface area contributed by atoms with Crippen molar-refractivity contribution in [3.8, 4) is 11.5 Å². The van der Waals surface area contributed by atoms with Crippen LogP contribution in [-0.4, -0.2) is 261 Å². The highest BCUT2D eigenvalue weighted by atomic mass is 32.2. The molecule has 1 fully saturated rings. The average molecular weight is 1790 g/mol. The Balaban J connectivity index is 1.21. The summed E-state index contributed by atoms with van der Waals surface area (Å²) in [6.07, 6.45) is -0.119. The summed E-state index contributed by atoms with van der Waals surface area (Å²) in [4.78, 5) is 244. The lowest BCUT2D eigenvalue weighted by atomic mass is 9.96. The molecule has 0 saturated carbocycles. The van der Waals surface area contributed by atoms with Gasteiger partial charge in [0.1, 0.15) is 72.5 Å². The summed E-state index contributed by atoms with van der Waals surface area (Å²) in [6, 6.07) is 30.1. The van der Waals surface area contributed by atoms with Gasteiger partial charge in [-0.2, -0.15) is 0 Å². The predicted molar refractivity (Wildman–Crippen MR) is 484 cm³/mol. The number of ether oxygens (including phenoxy) is 1. The number of Topliss-reactive ketones (excluding diaryl/α,β-unsaturated/α-hetero) is 2. The van der Waals surface area contributed by atoms with Crippen LogP contribution < -0.4 is 43.0 Å². The van der Waals surface area contributed by atoms with E-state index in [1.807, 2.05) is 6.92 Å². The first-order chi connectivity index (χ1) is 61.5. The van der Waals surface area contributed by atoms with Crippen molar-refractivity contribution >= 4 is 117 Å². The number of carbonyl (C=O) groups is 16. The number of primary amides is 1. The summed E-state index contributed by atoms with van der Waals surface area (Å²) in [5.74, 6) is -15.8. The Bertz CT molecular complexity index is 5020. The van der Waals surface area contributed by atoms with Crippen molar-refractivity contribution in [2.45, 2.75) is 179 Å². The average Bonchev–Trinajstić information content (AvgIpc) is 1.80. The number of nitrogens with one attached hydrogen (secondary N) is 8. The summed E-state index contributed by atoms with van der Waals surface area (Å²) in [5.41, 5.74) is 9.32. The minimum atomic E-state index is -1.58. The number of H-pyrrole nitrogens is 1. The van der Waals surface area contributed by atoms with Crippen LogP contribution in [0.25, 0.3) is 10.9 Å². The smallest absolute Gasteiger partial charge is 0.293 e. The molecule has 1 aromatic heterocycles. The van der Waals surface area contributed by atoms with Crippen LogP contribution in [0.5, 0.6) is 11.5 Å². The first kappa shape index (κ1) is 101. The number of para-hydroxylation sites is 1. The summed E-state index contributed by atoms with van der Waals surface area (Å²) in [5, 5.41) is 40.9. The number of fused-ring (bicyclic) bond motifs is 1. The number of aromatic hydroxyl groups is 2. The summed E-state index contributed by atoms with van der Waals surface area (Å²) < 4.78 is 5.12. The van der Waals surface area contributed by atoms with Gasteiger partial charge in [-0.05, 0) is 88.4 Å². The molecule has 6 aromatic carbocycles. The monoisotopic (exact) mass is 1790 g/mol. The Morgan fingerprint density at radius 3 is 1.53 bits per heavy atom. The van der Waals surface area contributed by atoms with Gasteiger partial charge in [-0.1, -0.05) is 181 Å². The molecule has 0 radical (unpaired) electrons. The molecule has 690 valence electrons. The first-order valence-electron chi connectivity index (χ1n) is 43.1. The molecule has 7 aromatic rings. The number of thioether (sulfide) groups is 1. The highest BCUT2D eigenvalue weighted by Gasteiger charge is 2.42. The molecular weight excluding hydrogens is 1670 g/mol. The van der Waals surface area contributed by atoms with Gasteiger partial charge in [0.15, 0.2) is 11.6 Å². The van der Waals surface area contributed by atoms with Gasteiger partial charge in [0, 0.05) is 116 Å². The summed E-state index contributed by atoms with van der Waals surface area (Å²) >= 11 is 0.879. The SMILES string of the molecule is CCCC[C@H]1C(=O)N(C)CC(=O)C[C@@H](COC=O)C(=O)N[C@@H](C(C)C)C(=O)N(C)[C@@H](Cc2ccccc2)C(=O)N[C@@H](Cc2ccc(O)cc2)C(=O)N(C)CC(=O)N[C@@H](Cc2c[nH]c3ccccc23)C(=O)N[C@@H](Cc2ccc(O)cc2)C(=O)N[C@@H](CC(C)C)C(=O)N[C@H](C(=O)CCC(N)=O)CSCC(=O)N[C@@H](Cc2ccccc2)C(=O)N(C)[C@@H](Cc2ccccc2)C(=O)N1C. The lowest BCUT2D eigenvalue weighted by molar-refractivity contribution is -0.151. The van der Waals surface area contributed by atoms with Gasteiger partial charge in [0.2, 0.25) is 76.8 Å². The standard InChI is InChI=1S/C95H120N14O19S/c1-11-12-32-78-93(125)105(6)52-69(113)49-66(54-128-57-110)86(118)104-85(59(4)5)95(127)108(9)79(47-61-26-18-14-19-27-61)90(122)102-75(46-64-35-39-68(112)40-36-64)91(123)106(7)53-83(116)98-74(50-65-51-97-71-31-23-22-30-70(65)71)89(121)101-73(44-63-33-37-67(111)38-34-63)88(120)100-72(43-58(2)3)87(119)103-77(81(114)41-42-82(96)115)55-129-56-84(117)99-76(45-60-24-16-13-17-25-60)92(124)109(10)80(94(126)107(78)8)48-62-28-20-15-21-29-62/h13-31,33-40,51,57-59,66,72-80,85,97,111-112H,11-12,32,41-50,52-56H2,1-10H3,(H2,96,115)(H,98,116)(H,99,117)(H,100,120)(H,101,121)(H,102,122)(H,103,119)(H,104,118)/t66-,72-,73-,74-,75-,76-,77-,78-,79-,80-,85-/m0/s1. The zero-order valence-electron chi connectivity index (χ0n) is 74.5. The molecular formula is C95H120N14O19S. The zero-order chi connectivity index (χ0) is 94.1. The van der Waals surface area contributed by atoms with Crippen molar-refractivity contribution in [3.63, 3.8) is 0 Å². The second-order valence-corrected chi connectivity index (χ2v) is 34.5. The van der Waals surface area contributed by atoms with Crippen LogP contribution in [-0.2, 0) is 120 Å². The van der Waals surface area contributed by atoms with Crippen LogP contribution in [0.15, 0.2) is 170 Å². The van der Waals surface area contributed by atoms with E-state index in [2.05, 4.69) is 42.2 Å². The number of amides is 13. The molecule has 33 nitrogen and oxygen atoms in total. The molecule has 11 atom stereocenters. The van der Waals surface area contributed by atoms with Crippen LogP contribution in [0.1, 0.15) is 113 Å². The molecule has 1 saturated heterocycles. The minimum absolute atomic E-state index is 0.0655. The molecule has 8 rings (SSSR count). The molecule has 1 aliphatic heterocycles. The van der Waals surface area contributed by atoms with Gasteiger partial charge in [-0.15, -0.1) is 11.8 Å². The lowest BCUT2D eigenvalue weighted by Crippen LogP contribution is -2.60. The number of rotatable bonds is 25. The van der Waals surface area contributed by atoms with Crippen LogP contribution >= 0.6 is 11.8 Å². The maximum absolute atomic E-state index is 15.6. The zero-order valence-corrected chi connectivity index (χ0v) is 75.3. The van der Waals surface area contributed by atoms with Crippen molar-refractivity contribution in [2.75, 3.05) is 66.4 Å². The largest absolute Gasteiger partial charge is 0.508 e. The Labute approximate surface area is 755 Å². The number of hydrogen-bond donors (Lipinski definition) is 11. The molecule has 0 aliphatic carbocycles. The van der Waals surface area contributed by atoms with E-state index in [0.717, 1.165) is 26.5 Å². The van der Waals surface area contributed by atoms with E-state index >= 15 is 38.4 Å². The fraction of sp³-hybridized carbons (Fsp3) is 0.432. The second kappa shape index (κ2) is 49.7. The molecule has 13 amide bonds. The Morgan fingerprint density at radius 2 is 0.969 bits per heavy atom. The second-order valence-electron chi connectivity index (χ2n) is 33.5. The number of aromatic nitrogens is 1. The Hall–Kier alpha value is -13.3. The van der Waals surface area contributed by atoms with Gasteiger partial charge >= 0.3 is 0 Å². The fourth-order valence-corrected chi connectivity index (χ4v) is 16.2. The minimum Gasteiger partial charge on any atom is -0.508 e. The van der Waals surface area contributed by atoms with Gasteiger partial charge in [-0.25, -0.2) is 0 Å². The quantitative estimate of drug-likeness (QED) is 0.0354. The van der Waals surface area contributed by atoms with Crippen molar-refractivity contribution in [1.29, 1.82) is 0 Å². The summed E-state index contributed by atoms with van der Waals surface area (Å²) in [7, 11) is 6.74. The molecule has 0 bridgehead atoms.